The Kier molecular flexibility index (Phi) is 4.23. The molecule has 0 aromatic heterocycles. The molecule has 0 saturated heterocycles. The van der Waals surface area contributed by atoms with Gasteiger partial charge in [0, 0.05) is 0 Å². The molecule has 1 fully saturated rings. The molecule has 1 saturated carbocycles. The average molecular weight is 224 g/mol. The van der Waals surface area contributed by atoms with Crippen molar-refractivity contribution in [1.82, 2.24) is 0 Å². The van der Waals surface area contributed by atoms with Crippen molar-refractivity contribution >= 4 is 0 Å². The van der Waals surface area contributed by atoms with Crippen LogP contribution in [0.1, 0.15) is 60.3 Å². The molecule has 0 amide bonds. The largest absolute Gasteiger partial charge is 0.390 e. The van der Waals surface area contributed by atoms with Crippen LogP contribution < -0.4 is 0 Å². The lowest BCUT2D eigenvalue weighted by Crippen LogP contribution is -2.39. The molecule has 1 nitrogen and oxygen atoms in total. The topological polar surface area (TPSA) is 20.2 Å². The highest BCUT2D eigenvalue weighted by Gasteiger charge is 2.49. The fourth-order valence-electron chi connectivity index (χ4n) is 2.55. The summed E-state index contributed by atoms with van der Waals surface area (Å²) in [6, 6.07) is 0. The van der Waals surface area contributed by atoms with Gasteiger partial charge in [-0.15, -0.1) is 0 Å². The quantitative estimate of drug-likeness (QED) is 0.711. The first-order valence-corrected chi connectivity index (χ1v) is 6.66. The maximum absolute atomic E-state index is 10.3. The van der Waals surface area contributed by atoms with Crippen LogP contribution in [0.15, 0.2) is 12.2 Å². The van der Waals surface area contributed by atoms with Crippen molar-refractivity contribution in [2.45, 2.75) is 65.9 Å². The summed E-state index contributed by atoms with van der Waals surface area (Å²) >= 11 is 0. The number of hydrogen-bond donors (Lipinski definition) is 1. The normalized spacial score (nSPS) is 34.1. The van der Waals surface area contributed by atoms with Crippen molar-refractivity contribution < 1.29 is 5.11 Å². The first kappa shape index (κ1) is 13.8. The predicted octanol–water partition coefficient (Wildman–Crippen LogP) is 4.17. The van der Waals surface area contributed by atoms with Gasteiger partial charge in [-0.2, -0.15) is 0 Å². The van der Waals surface area contributed by atoms with Gasteiger partial charge < -0.3 is 5.11 Å². The molecule has 1 rings (SSSR count). The molecule has 0 bridgehead atoms. The van der Waals surface area contributed by atoms with Gasteiger partial charge in [0.1, 0.15) is 0 Å². The number of aliphatic hydroxyl groups is 1. The molecule has 0 radical (unpaired) electrons. The van der Waals surface area contributed by atoms with E-state index in [2.05, 4.69) is 39.8 Å². The van der Waals surface area contributed by atoms with Crippen LogP contribution in [0.5, 0.6) is 0 Å². The predicted molar refractivity (Wildman–Crippen MR) is 70.3 cm³/mol. The van der Waals surface area contributed by atoms with Crippen molar-refractivity contribution in [2.24, 2.45) is 17.3 Å². The Morgan fingerprint density at radius 2 is 1.94 bits per heavy atom. The third kappa shape index (κ3) is 2.88. The lowest BCUT2D eigenvalue weighted by molar-refractivity contribution is -0.0356. The monoisotopic (exact) mass is 224 g/mol. The van der Waals surface area contributed by atoms with E-state index >= 15 is 0 Å². The lowest BCUT2D eigenvalue weighted by atomic mass is 9.73. The smallest absolute Gasteiger partial charge is 0.0676 e. The van der Waals surface area contributed by atoms with Crippen molar-refractivity contribution in [3.8, 4) is 0 Å². The van der Waals surface area contributed by atoms with Gasteiger partial charge in [-0.3, -0.25) is 0 Å². The Balaban J connectivity index is 2.50. The molecule has 1 aliphatic rings. The van der Waals surface area contributed by atoms with Crippen LogP contribution in [0.4, 0.5) is 0 Å². The van der Waals surface area contributed by atoms with Crippen LogP contribution in [-0.2, 0) is 0 Å². The lowest BCUT2D eigenvalue weighted by Gasteiger charge is -2.36. The minimum Gasteiger partial charge on any atom is -0.390 e. The van der Waals surface area contributed by atoms with Gasteiger partial charge >= 0.3 is 0 Å². The number of rotatable bonds is 4. The minimum absolute atomic E-state index is 0.0152. The molecular formula is C15H28O. The van der Waals surface area contributed by atoms with Gasteiger partial charge in [0.2, 0.25) is 0 Å². The van der Waals surface area contributed by atoms with Gasteiger partial charge in [0.05, 0.1) is 5.60 Å². The van der Waals surface area contributed by atoms with Crippen LogP contribution in [0.25, 0.3) is 0 Å². The first-order chi connectivity index (χ1) is 7.27. The van der Waals surface area contributed by atoms with E-state index < -0.39 is 5.60 Å². The van der Waals surface area contributed by atoms with E-state index in [1.54, 1.807) is 0 Å². The van der Waals surface area contributed by atoms with Crippen molar-refractivity contribution in [3.05, 3.63) is 12.2 Å². The van der Waals surface area contributed by atoms with Crippen LogP contribution in [0.3, 0.4) is 0 Å². The third-order valence-electron chi connectivity index (χ3n) is 4.54. The van der Waals surface area contributed by atoms with Crippen LogP contribution in [-0.4, -0.2) is 10.7 Å². The first-order valence-electron chi connectivity index (χ1n) is 6.66. The van der Waals surface area contributed by atoms with Gasteiger partial charge in [-0.05, 0) is 49.9 Å². The fourth-order valence-corrected chi connectivity index (χ4v) is 2.55. The zero-order chi connectivity index (χ0) is 12.4. The molecule has 0 aromatic rings. The number of hydrogen-bond acceptors (Lipinski definition) is 1. The molecule has 2 unspecified atom stereocenters. The Labute approximate surface area is 101 Å². The average Bonchev–Trinajstić information content (AvgIpc) is 2.33. The molecule has 1 heteroatoms. The maximum Gasteiger partial charge on any atom is 0.0676 e. The molecule has 2 atom stereocenters. The molecule has 0 heterocycles. The summed E-state index contributed by atoms with van der Waals surface area (Å²) in [5.74, 6) is 1.32. The second-order valence-electron chi connectivity index (χ2n) is 6.54. The second kappa shape index (κ2) is 4.91. The zero-order valence-electron chi connectivity index (χ0n) is 11.6. The zero-order valence-corrected chi connectivity index (χ0v) is 11.6. The molecule has 0 aromatic carbocycles. The Bertz CT molecular complexity index is 248. The summed E-state index contributed by atoms with van der Waals surface area (Å²) in [5.41, 5.74) is -0.485. The van der Waals surface area contributed by atoms with Crippen LogP contribution in [0.2, 0.25) is 0 Å². The van der Waals surface area contributed by atoms with Gasteiger partial charge in [-0.25, -0.2) is 0 Å². The van der Waals surface area contributed by atoms with E-state index in [0.717, 1.165) is 18.8 Å². The summed E-state index contributed by atoms with van der Waals surface area (Å²) < 4.78 is 0. The van der Waals surface area contributed by atoms with Crippen molar-refractivity contribution in [3.63, 3.8) is 0 Å². The van der Waals surface area contributed by atoms with Crippen molar-refractivity contribution in [1.29, 1.82) is 0 Å². The van der Waals surface area contributed by atoms with E-state index in [1.165, 1.54) is 12.8 Å². The van der Waals surface area contributed by atoms with E-state index in [1.807, 2.05) is 6.92 Å². The maximum atomic E-state index is 10.3. The summed E-state index contributed by atoms with van der Waals surface area (Å²) in [5, 5.41) is 10.3. The van der Waals surface area contributed by atoms with E-state index in [9.17, 15) is 5.11 Å². The Morgan fingerprint density at radius 3 is 2.38 bits per heavy atom. The van der Waals surface area contributed by atoms with E-state index in [0.29, 0.717) is 5.92 Å². The van der Waals surface area contributed by atoms with Crippen LogP contribution in [0, 0.1) is 17.3 Å². The SMILES string of the molecule is CC(C)CCC=CC1CCC(C)(O)C1(C)C. The molecule has 0 spiro atoms. The molecule has 1 N–H and O–H groups in total. The number of allylic oxidation sites excluding steroid dienone is 2. The second-order valence-corrected chi connectivity index (χ2v) is 6.54. The summed E-state index contributed by atoms with van der Waals surface area (Å²) in [7, 11) is 0. The highest BCUT2D eigenvalue weighted by atomic mass is 16.3. The molecular weight excluding hydrogens is 196 g/mol. The highest BCUT2D eigenvalue weighted by Crippen LogP contribution is 2.50. The fraction of sp³-hybridized carbons (Fsp3) is 0.867. The molecule has 0 aliphatic heterocycles. The summed E-state index contributed by atoms with van der Waals surface area (Å²) in [6.45, 7) is 10.9. The van der Waals surface area contributed by atoms with Gasteiger partial charge in [0.25, 0.3) is 0 Å². The summed E-state index contributed by atoms with van der Waals surface area (Å²) in [6.07, 6.45) is 9.14. The highest BCUT2D eigenvalue weighted by molar-refractivity contribution is 5.08. The van der Waals surface area contributed by atoms with E-state index in [4.69, 9.17) is 0 Å². The molecule has 16 heavy (non-hydrogen) atoms. The van der Waals surface area contributed by atoms with Crippen LogP contribution >= 0.6 is 0 Å². The molecule has 94 valence electrons. The van der Waals surface area contributed by atoms with Gasteiger partial charge in [-0.1, -0.05) is 39.8 Å². The minimum atomic E-state index is -0.500. The standard InChI is InChI=1S/C15H28O/c1-12(2)8-6-7-9-13-10-11-15(5,16)14(13,3)4/h7,9,12-13,16H,6,8,10-11H2,1-5H3. The molecule has 1 aliphatic carbocycles. The summed E-state index contributed by atoms with van der Waals surface area (Å²) in [4.78, 5) is 0. The Hall–Kier alpha value is -0.300. The van der Waals surface area contributed by atoms with Crippen molar-refractivity contribution in [2.75, 3.05) is 0 Å². The third-order valence-corrected chi connectivity index (χ3v) is 4.54. The van der Waals surface area contributed by atoms with Gasteiger partial charge in [0.15, 0.2) is 0 Å². The Morgan fingerprint density at radius 1 is 1.31 bits per heavy atom. The van der Waals surface area contributed by atoms with E-state index in [-0.39, 0.29) is 5.41 Å².